The van der Waals surface area contributed by atoms with Gasteiger partial charge >= 0.3 is 6.16 Å². The first-order valence-corrected chi connectivity index (χ1v) is 11.2. The van der Waals surface area contributed by atoms with Gasteiger partial charge in [0.2, 0.25) is 0 Å². The van der Waals surface area contributed by atoms with Crippen LogP contribution in [0.2, 0.25) is 0 Å². The lowest BCUT2D eigenvalue weighted by Crippen LogP contribution is -2.13. The molecule has 0 aromatic heterocycles. The highest BCUT2D eigenvalue weighted by Crippen LogP contribution is 2.31. The summed E-state index contributed by atoms with van der Waals surface area (Å²) in [5, 5.41) is 9.34. The number of unbranched alkanes of at least 4 members (excludes halogenated alkanes) is 3. The van der Waals surface area contributed by atoms with Crippen LogP contribution in [0, 0.1) is 0 Å². The summed E-state index contributed by atoms with van der Waals surface area (Å²) in [5.41, 5.74) is 5.08. The third-order valence-electron chi connectivity index (χ3n) is 5.50. The van der Waals surface area contributed by atoms with Gasteiger partial charge in [-0.05, 0) is 73.6 Å². The number of aryl methyl sites for hydroxylation is 2. The van der Waals surface area contributed by atoms with Gasteiger partial charge in [-0.1, -0.05) is 75.2 Å². The quantitative estimate of drug-likeness (QED) is 0.281. The summed E-state index contributed by atoms with van der Waals surface area (Å²) in [6.07, 6.45) is 8.77. The van der Waals surface area contributed by atoms with Crippen LogP contribution in [0.5, 0.6) is 0 Å². The molecule has 0 aliphatic carbocycles. The van der Waals surface area contributed by atoms with E-state index in [1.807, 2.05) is 6.07 Å². The smallest absolute Gasteiger partial charge is 0.450 e. The summed E-state index contributed by atoms with van der Waals surface area (Å²) < 4.78 is 5.39. The molecule has 0 aliphatic rings. The Morgan fingerprint density at radius 3 is 2.28 bits per heavy atom. The molecular weight excluding hydrogens is 360 g/mol. The first-order chi connectivity index (χ1) is 14.2. The highest BCUT2D eigenvalue weighted by atomic mass is 16.7. The van der Waals surface area contributed by atoms with Crippen molar-refractivity contribution in [3.05, 3.63) is 70.8 Å². The average molecular weight is 397 g/mol. The molecule has 2 aromatic rings. The first kappa shape index (κ1) is 23.0. The molecule has 3 heteroatoms. The van der Waals surface area contributed by atoms with E-state index >= 15 is 0 Å². The fraction of sp³-hybridized carbons (Fsp3) is 0.500. The van der Waals surface area contributed by atoms with Crippen molar-refractivity contribution in [3.8, 4) is 0 Å². The van der Waals surface area contributed by atoms with E-state index in [0.29, 0.717) is 0 Å². The first-order valence-electron chi connectivity index (χ1n) is 11.2. The van der Waals surface area contributed by atoms with E-state index in [2.05, 4.69) is 56.3 Å². The van der Waals surface area contributed by atoms with Crippen LogP contribution >= 0.6 is 0 Å². The van der Waals surface area contributed by atoms with Crippen LogP contribution in [0.4, 0.5) is 4.79 Å². The Balaban J connectivity index is 2.13. The predicted octanol–water partition coefficient (Wildman–Crippen LogP) is 7.52. The van der Waals surface area contributed by atoms with Gasteiger partial charge in [0.1, 0.15) is 6.10 Å². The van der Waals surface area contributed by atoms with Crippen LogP contribution in [0.15, 0.2) is 48.5 Å². The molecule has 0 heterocycles. The minimum Gasteiger partial charge on any atom is -0.450 e. The molecule has 0 saturated carbocycles. The second-order valence-corrected chi connectivity index (χ2v) is 7.80. The zero-order valence-electron chi connectivity index (χ0n) is 18.0. The van der Waals surface area contributed by atoms with Gasteiger partial charge in [0.15, 0.2) is 0 Å². The lowest BCUT2D eigenvalue weighted by atomic mass is 9.89. The lowest BCUT2D eigenvalue weighted by molar-refractivity contribution is 0.0461. The normalized spacial score (nSPS) is 11.9. The molecule has 0 bridgehead atoms. The van der Waals surface area contributed by atoms with Gasteiger partial charge in [-0.25, -0.2) is 4.79 Å². The summed E-state index contributed by atoms with van der Waals surface area (Å²) in [6, 6.07) is 16.8. The highest BCUT2D eigenvalue weighted by Gasteiger charge is 2.21. The molecular formula is C26H36O3. The number of carboxylic acid groups (broad SMARTS) is 1. The molecule has 0 amide bonds. The second-order valence-electron chi connectivity index (χ2n) is 7.80. The fourth-order valence-electron chi connectivity index (χ4n) is 3.92. The molecule has 1 atom stereocenters. The van der Waals surface area contributed by atoms with Crippen molar-refractivity contribution in [1.29, 1.82) is 0 Å². The van der Waals surface area contributed by atoms with Crippen LogP contribution < -0.4 is 0 Å². The maximum atomic E-state index is 11.4. The van der Waals surface area contributed by atoms with Crippen LogP contribution in [-0.4, -0.2) is 11.3 Å². The Morgan fingerprint density at radius 2 is 1.59 bits per heavy atom. The van der Waals surface area contributed by atoms with Gasteiger partial charge in [0, 0.05) is 0 Å². The topological polar surface area (TPSA) is 46.5 Å². The van der Waals surface area contributed by atoms with E-state index in [1.165, 1.54) is 16.7 Å². The van der Waals surface area contributed by atoms with E-state index in [9.17, 15) is 9.90 Å². The van der Waals surface area contributed by atoms with Gasteiger partial charge in [-0.3, -0.25) is 0 Å². The zero-order valence-corrected chi connectivity index (χ0v) is 18.0. The molecule has 0 fully saturated rings. The van der Waals surface area contributed by atoms with E-state index in [4.69, 9.17) is 4.74 Å². The number of benzene rings is 2. The zero-order chi connectivity index (χ0) is 20.9. The number of hydrogen-bond donors (Lipinski definition) is 1. The van der Waals surface area contributed by atoms with E-state index in [-0.39, 0.29) is 6.10 Å². The lowest BCUT2D eigenvalue weighted by Gasteiger charge is -2.22. The third-order valence-corrected chi connectivity index (χ3v) is 5.50. The maximum Gasteiger partial charge on any atom is 0.506 e. The van der Waals surface area contributed by atoms with Crippen LogP contribution in [-0.2, 0) is 24.0 Å². The molecule has 3 nitrogen and oxygen atoms in total. The van der Waals surface area contributed by atoms with Gasteiger partial charge in [0.05, 0.1) is 0 Å². The number of rotatable bonds is 13. The number of carbonyl (C=O) groups is 1. The summed E-state index contributed by atoms with van der Waals surface area (Å²) in [5.74, 6) is 0. The number of hydrogen-bond acceptors (Lipinski definition) is 2. The summed E-state index contributed by atoms with van der Waals surface area (Å²) >= 11 is 0. The molecule has 2 aromatic carbocycles. The van der Waals surface area contributed by atoms with Crippen LogP contribution in [0.1, 0.15) is 87.2 Å². The Labute approximate surface area is 176 Å². The van der Waals surface area contributed by atoms with Crippen molar-refractivity contribution >= 4 is 6.16 Å². The molecule has 1 unspecified atom stereocenters. The largest absolute Gasteiger partial charge is 0.506 e. The molecule has 0 aliphatic heterocycles. The summed E-state index contributed by atoms with van der Waals surface area (Å²) in [6.45, 7) is 4.40. The van der Waals surface area contributed by atoms with Gasteiger partial charge in [-0.2, -0.15) is 0 Å². The number of ether oxygens (including phenoxy) is 1. The van der Waals surface area contributed by atoms with Crippen molar-refractivity contribution in [2.75, 3.05) is 0 Å². The summed E-state index contributed by atoms with van der Waals surface area (Å²) in [7, 11) is 0. The summed E-state index contributed by atoms with van der Waals surface area (Å²) in [4.78, 5) is 11.4. The Kier molecular flexibility index (Phi) is 10.3. The molecule has 0 saturated heterocycles. The van der Waals surface area contributed by atoms with Crippen molar-refractivity contribution in [3.63, 3.8) is 0 Å². The molecule has 29 heavy (non-hydrogen) atoms. The minimum atomic E-state index is -1.18. The van der Waals surface area contributed by atoms with Crippen molar-refractivity contribution in [1.82, 2.24) is 0 Å². The van der Waals surface area contributed by atoms with Crippen molar-refractivity contribution in [2.45, 2.75) is 84.2 Å². The fourth-order valence-corrected chi connectivity index (χ4v) is 3.92. The Morgan fingerprint density at radius 1 is 0.862 bits per heavy atom. The minimum absolute atomic E-state index is 0.378. The monoisotopic (exact) mass is 396 g/mol. The molecule has 1 N–H and O–H groups in total. The molecule has 0 radical (unpaired) electrons. The van der Waals surface area contributed by atoms with Gasteiger partial charge in [0.25, 0.3) is 0 Å². The standard InChI is InChI=1S/C26H36O3/c1-3-5-16-22-17-12-19-24(23(22)18-6-4-2)25(29-26(27)28)20-11-10-15-21-13-8-7-9-14-21/h7-9,12-14,17,19,25H,3-6,10-11,15-16,18,20H2,1-2H3,(H,27,28). The van der Waals surface area contributed by atoms with Crippen molar-refractivity contribution in [2.24, 2.45) is 0 Å². The van der Waals surface area contributed by atoms with Gasteiger partial charge < -0.3 is 9.84 Å². The molecule has 158 valence electrons. The molecule has 0 spiro atoms. The van der Waals surface area contributed by atoms with Crippen LogP contribution in [0.3, 0.4) is 0 Å². The van der Waals surface area contributed by atoms with E-state index < -0.39 is 6.16 Å². The predicted molar refractivity (Wildman–Crippen MR) is 120 cm³/mol. The van der Waals surface area contributed by atoms with E-state index in [0.717, 1.165) is 69.8 Å². The Bertz CT molecular complexity index is 724. The average Bonchev–Trinajstić information content (AvgIpc) is 2.73. The van der Waals surface area contributed by atoms with Crippen LogP contribution in [0.25, 0.3) is 0 Å². The van der Waals surface area contributed by atoms with E-state index in [1.54, 1.807) is 0 Å². The maximum absolute atomic E-state index is 11.4. The van der Waals surface area contributed by atoms with Gasteiger partial charge in [-0.15, -0.1) is 0 Å². The second kappa shape index (κ2) is 13.0. The highest BCUT2D eigenvalue weighted by molar-refractivity contribution is 5.57. The Hall–Kier alpha value is -2.29. The van der Waals surface area contributed by atoms with Crippen molar-refractivity contribution < 1.29 is 14.6 Å². The SMILES string of the molecule is CCCCc1cccc(C(CCCCc2ccccc2)OC(=O)O)c1CCCC. The molecule has 2 rings (SSSR count). The third kappa shape index (κ3) is 7.92.